The van der Waals surface area contributed by atoms with E-state index in [9.17, 15) is 9.59 Å². The van der Waals surface area contributed by atoms with Crippen LogP contribution in [-0.2, 0) is 16.0 Å². The molecule has 0 aromatic heterocycles. The molecule has 6 N–H and O–H groups in total. The van der Waals surface area contributed by atoms with Crippen molar-refractivity contribution in [2.75, 3.05) is 52.4 Å². The number of ether oxygens (including phenoxy) is 2. The summed E-state index contributed by atoms with van der Waals surface area (Å²) in [5, 5.41) is 16.4. The molecule has 1 aromatic carbocycles. The highest BCUT2D eigenvalue weighted by Gasteiger charge is 2.31. The first kappa shape index (κ1) is 23.6. The predicted molar refractivity (Wildman–Crippen MR) is 118 cm³/mol. The number of aliphatic carboxylic acids is 1. The SMILES string of the molecule is N=C(N)N1CCN(CCCN2CC(COc3ccc(CC(N)C(=O)O)cc3)OC2=O)CC1. The second kappa shape index (κ2) is 11.0. The van der Waals surface area contributed by atoms with E-state index in [1.54, 1.807) is 29.2 Å². The van der Waals surface area contributed by atoms with Crippen molar-refractivity contribution in [3.8, 4) is 5.75 Å². The number of piperazine rings is 1. The van der Waals surface area contributed by atoms with Crippen molar-refractivity contribution in [1.82, 2.24) is 14.7 Å². The number of nitrogens with one attached hydrogen (secondary N) is 1. The van der Waals surface area contributed by atoms with Gasteiger partial charge in [-0.05, 0) is 37.1 Å². The maximum absolute atomic E-state index is 12.1. The molecule has 0 bridgehead atoms. The first-order valence-corrected chi connectivity index (χ1v) is 10.8. The number of rotatable bonds is 10. The maximum atomic E-state index is 12.1. The molecule has 0 saturated carbocycles. The number of benzene rings is 1. The number of nitrogens with zero attached hydrogens (tertiary/aromatic N) is 3. The zero-order valence-electron chi connectivity index (χ0n) is 18.1. The fraction of sp³-hybridized carbons (Fsp3) is 0.571. The molecule has 1 aromatic rings. The molecule has 2 saturated heterocycles. The number of guanidine groups is 1. The minimum Gasteiger partial charge on any atom is -0.490 e. The summed E-state index contributed by atoms with van der Waals surface area (Å²) in [6.45, 7) is 5.49. The van der Waals surface area contributed by atoms with E-state index in [-0.39, 0.29) is 31.2 Å². The number of carbonyl (C=O) groups is 2. The van der Waals surface area contributed by atoms with E-state index < -0.39 is 12.0 Å². The van der Waals surface area contributed by atoms with E-state index in [1.165, 1.54) is 0 Å². The van der Waals surface area contributed by atoms with Gasteiger partial charge in [-0.15, -0.1) is 0 Å². The highest BCUT2D eigenvalue weighted by Crippen LogP contribution is 2.17. The summed E-state index contributed by atoms with van der Waals surface area (Å²) in [7, 11) is 0. The average molecular weight is 449 g/mol. The van der Waals surface area contributed by atoms with Gasteiger partial charge in [0, 0.05) is 32.7 Å². The average Bonchev–Trinajstić information content (AvgIpc) is 3.13. The van der Waals surface area contributed by atoms with Gasteiger partial charge in [-0.25, -0.2) is 4.79 Å². The molecular formula is C21H32N6O5. The van der Waals surface area contributed by atoms with E-state index in [2.05, 4.69) is 4.90 Å². The fourth-order valence-electron chi connectivity index (χ4n) is 3.79. The Bertz CT molecular complexity index is 796. The van der Waals surface area contributed by atoms with Crippen LogP contribution in [0.5, 0.6) is 5.75 Å². The van der Waals surface area contributed by atoms with Crippen molar-refractivity contribution in [2.24, 2.45) is 11.5 Å². The van der Waals surface area contributed by atoms with Crippen molar-refractivity contribution >= 4 is 18.0 Å². The van der Waals surface area contributed by atoms with Crippen LogP contribution in [0.4, 0.5) is 4.79 Å². The van der Waals surface area contributed by atoms with Gasteiger partial charge in [-0.1, -0.05) is 12.1 Å². The number of hydrogen-bond acceptors (Lipinski definition) is 7. The standard InChI is InChI=1S/C21H32N6O5/c22-18(19(28)29)12-15-2-4-16(5-3-15)31-14-17-13-27(21(30)32-17)7-1-6-25-8-10-26(11-9-25)20(23)24/h2-5,17-18H,1,6-14,22H2,(H3,23,24)(H,28,29). The quantitative estimate of drug-likeness (QED) is 0.279. The first-order chi connectivity index (χ1) is 15.3. The van der Waals surface area contributed by atoms with E-state index in [0.717, 1.165) is 44.7 Å². The van der Waals surface area contributed by atoms with Crippen LogP contribution < -0.4 is 16.2 Å². The third-order valence-corrected chi connectivity index (χ3v) is 5.70. The zero-order chi connectivity index (χ0) is 23.1. The number of cyclic esters (lactones) is 1. The fourth-order valence-corrected chi connectivity index (χ4v) is 3.79. The van der Waals surface area contributed by atoms with Crippen LogP contribution in [0, 0.1) is 5.41 Å². The van der Waals surface area contributed by atoms with Gasteiger partial charge in [0.15, 0.2) is 12.1 Å². The Morgan fingerprint density at radius 1 is 1.22 bits per heavy atom. The second-order valence-electron chi connectivity index (χ2n) is 8.12. The molecule has 2 aliphatic rings. The molecular weight excluding hydrogens is 416 g/mol. The van der Waals surface area contributed by atoms with E-state index in [0.29, 0.717) is 18.8 Å². The second-order valence-corrected chi connectivity index (χ2v) is 8.12. The molecule has 176 valence electrons. The smallest absolute Gasteiger partial charge is 0.410 e. The Balaban J connectivity index is 1.34. The molecule has 2 atom stereocenters. The molecule has 0 spiro atoms. The maximum Gasteiger partial charge on any atom is 0.410 e. The summed E-state index contributed by atoms with van der Waals surface area (Å²) >= 11 is 0. The number of hydrogen-bond donors (Lipinski definition) is 4. The minimum absolute atomic E-state index is 0.121. The topological polar surface area (TPSA) is 158 Å². The third-order valence-electron chi connectivity index (χ3n) is 5.70. The molecule has 1 amide bonds. The Labute approximate surface area is 187 Å². The predicted octanol–water partition coefficient (Wildman–Crippen LogP) is -0.258. The molecule has 2 fully saturated rings. The first-order valence-electron chi connectivity index (χ1n) is 10.8. The summed E-state index contributed by atoms with van der Waals surface area (Å²) < 4.78 is 11.1. The van der Waals surface area contributed by atoms with Gasteiger partial charge in [-0.2, -0.15) is 0 Å². The van der Waals surface area contributed by atoms with E-state index in [1.807, 2.05) is 4.90 Å². The van der Waals surface area contributed by atoms with Crippen molar-refractivity contribution in [1.29, 1.82) is 5.41 Å². The Kier molecular flexibility index (Phi) is 8.12. The van der Waals surface area contributed by atoms with Crippen LogP contribution in [0.25, 0.3) is 0 Å². The summed E-state index contributed by atoms with van der Waals surface area (Å²) in [5.41, 5.74) is 11.9. The monoisotopic (exact) mass is 448 g/mol. The lowest BCUT2D eigenvalue weighted by molar-refractivity contribution is -0.138. The van der Waals surface area contributed by atoms with Gasteiger partial charge in [-0.3, -0.25) is 15.1 Å². The molecule has 0 radical (unpaired) electrons. The van der Waals surface area contributed by atoms with Gasteiger partial charge >= 0.3 is 12.1 Å². The Hall–Kier alpha value is -3.05. The van der Waals surface area contributed by atoms with Crippen molar-refractivity contribution < 1.29 is 24.2 Å². The van der Waals surface area contributed by atoms with Gasteiger partial charge in [0.05, 0.1) is 6.54 Å². The van der Waals surface area contributed by atoms with Crippen LogP contribution in [0.3, 0.4) is 0 Å². The van der Waals surface area contributed by atoms with Gasteiger partial charge < -0.3 is 35.8 Å². The Morgan fingerprint density at radius 3 is 2.53 bits per heavy atom. The number of carbonyl (C=O) groups excluding carboxylic acids is 1. The normalized spacial score (nSPS) is 20.2. The van der Waals surface area contributed by atoms with Gasteiger partial charge in [0.25, 0.3) is 0 Å². The molecule has 2 unspecified atom stereocenters. The lowest BCUT2D eigenvalue weighted by Gasteiger charge is -2.35. The number of carboxylic acid groups (broad SMARTS) is 1. The van der Waals surface area contributed by atoms with E-state index in [4.69, 9.17) is 31.5 Å². The summed E-state index contributed by atoms with van der Waals surface area (Å²) in [6.07, 6.45) is 0.444. The van der Waals surface area contributed by atoms with E-state index >= 15 is 0 Å². The summed E-state index contributed by atoms with van der Waals surface area (Å²) in [6, 6.07) is 6.13. The Morgan fingerprint density at radius 2 is 1.91 bits per heavy atom. The van der Waals surface area contributed by atoms with Crippen molar-refractivity contribution in [3.05, 3.63) is 29.8 Å². The molecule has 0 aliphatic carbocycles. The van der Waals surface area contributed by atoms with Crippen LogP contribution in [0.1, 0.15) is 12.0 Å². The highest BCUT2D eigenvalue weighted by atomic mass is 16.6. The molecule has 11 nitrogen and oxygen atoms in total. The molecule has 3 rings (SSSR count). The molecule has 2 heterocycles. The summed E-state index contributed by atoms with van der Waals surface area (Å²) in [4.78, 5) is 28.8. The lowest BCUT2D eigenvalue weighted by Crippen LogP contribution is -2.51. The largest absolute Gasteiger partial charge is 0.490 e. The lowest BCUT2D eigenvalue weighted by atomic mass is 10.1. The molecule has 11 heteroatoms. The number of nitrogens with two attached hydrogens (primary N) is 2. The molecule has 2 aliphatic heterocycles. The van der Waals surface area contributed by atoms with Crippen LogP contribution in [0.2, 0.25) is 0 Å². The van der Waals surface area contributed by atoms with Crippen LogP contribution in [-0.4, -0.2) is 102 Å². The number of carboxylic acids is 1. The third kappa shape index (κ3) is 6.72. The van der Waals surface area contributed by atoms with Crippen molar-refractivity contribution in [2.45, 2.75) is 25.0 Å². The van der Waals surface area contributed by atoms with Gasteiger partial charge in [0.1, 0.15) is 18.4 Å². The zero-order valence-corrected chi connectivity index (χ0v) is 18.1. The minimum atomic E-state index is -1.03. The highest BCUT2D eigenvalue weighted by molar-refractivity contribution is 5.74. The molecule has 32 heavy (non-hydrogen) atoms. The van der Waals surface area contributed by atoms with Gasteiger partial charge in [0.2, 0.25) is 0 Å². The van der Waals surface area contributed by atoms with Crippen LogP contribution >= 0.6 is 0 Å². The van der Waals surface area contributed by atoms with Crippen LogP contribution in [0.15, 0.2) is 24.3 Å². The van der Waals surface area contributed by atoms with Crippen molar-refractivity contribution in [3.63, 3.8) is 0 Å². The summed E-state index contributed by atoms with van der Waals surface area (Å²) in [5.74, 6) is -0.290. The number of amides is 1.